The van der Waals surface area contributed by atoms with Gasteiger partial charge in [-0.3, -0.25) is 5.84 Å². The molecule has 16 heavy (non-hydrogen) atoms. The van der Waals surface area contributed by atoms with Crippen LogP contribution in [0.5, 0.6) is 0 Å². The van der Waals surface area contributed by atoms with E-state index in [4.69, 9.17) is 5.84 Å². The molecule has 0 aromatic heterocycles. The smallest absolute Gasteiger partial charge is 0.240 e. The van der Waals surface area contributed by atoms with Gasteiger partial charge in [0.15, 0.2) is 0 Å². The van der Waals surface area contributed by atoms with E-state index in [1.54, 1.807) is 12.1 Å². The first kappa shape index (κ1) is 13.0. The third-order valence-electron chi connectivity index (χ3n) is 2.30. The van der Waals surface area contributed by atoms with Gasteiger partial charge in [0.05, 0.1) is 4.90 Å². The van der Waals surface area contributed by atoms with Crippen molar-refractivity contribution < 1.29 is 8.42 Å². The van der Waals surface area contributed by atoms with Crippen LogP contribution in [0, 0.1) is 0 Å². The van der Waals surface area contributed by atoms with E-state index in [1.807, 2.05) is 13.8 Å². The highest BCUT2D eigenvalue weighted by atomic mass is 32.2. The van der Waals surface area contributed by atoms with Gasteiger partial charge in [0.1, 0.15) is 0 Å². The molecule has 1 atom stereocenters. The fourth-order valence-electron chi connectivity index (χ4n) is 1.15. The molecule has 0 aliphatic rings. The van der Waals surface area contributed by atoms with Gasteiger partial charge >= 0.3 is 0 Å². The summed E-state index contributed by atoms with van der Waals surface area (Å²) in [5, 5.41) is 0. The number of nitrogen functional groups attached to an aromatic ring is 1. The molecule has 0 bridgehead atoms. The monoisotopic (exact) mass is 243 g/mol. The Morgan fingerprint density at radius 3 is 2.31 bits per heavy atom. The molecule has 0 heterocycles. The lowest BCUT2D eigenvalue weighted by atomic mass is 10.3. The van der Waals surface area contributed by atoms with E-state index >= 15 is 0 Å². The highest BCUT2D eigenvalue weighted by Crippen LogP contribution is 2.13. The van der Waals surface area contributed by atoms with E-state index in [2.05, 4.69) is 10.1 Å². The third-order valence-corrected chi connectivity index (χ3v) is 3.91. The number of nitrogens with one attached hydrogen (secondary N) is 2. The van der Waals surface area contributed by atoms with Crippen molar-refractivity contribution in [3.63, 3.8) is 0 Å². The Labute approximate surface area is 96.1 Å². The predicted molar refractivity (Wildman–Crippen MR) is 64.3 cm³/mol. The van der Waals surface area contributed by atoms with Crippen molar-refractivity contribution in [3.8, 4) is 0 Å². The van der Waals surface area contributed by atoms with Crippen molar-refractivity contribution in [2.75, 3.05) is 5.43 Å². The van der Waals surface area contributed by atoms with E-state index in [-0.39, 0.29) is 10.9 Å². The van der Waals surface area contributed by atoms with E-state index in [0.29, 0.717) is 5.69 Å². The number of anilines is 1. The highest BCUT2D eigenvalue weighted by molar-refractivity contribution is 7.89. The van der Waals surface area contributed by atoms with Crippen LogP contribution in [0.4, 0.5) is 5.69 Å². The summed E-state index contributed by atoms with van der Waals surface area (Å²) in [5.41, 5.74) is 3.11. The zero-order valence-corrected chi connectivity index (χ0v) is 10.2. The first-order chi connectivity index (χ1) is 7.49. The van der Waals surface area contributed by atoms with Crippen LogP contribution in [0.1, 0.15) is 20.3 Å². The molecular weight excluding hydrogens is 226 g/mol. The summed E-state index contributed by atoms with van der Waals surface area (Å²) in [4.78, 5) is 0.242. The summed E-state index contributed by atoms with van der Waals surface area (Å²) in [6.07, 6.45) is 0.752. The van der Waals surface area contributed by atoms with Gasteiger partial charge in [0.2, 0.25) is 10.0 Å². The molecule has 0 saturated heterocycles. The van der Waals surface area contributed by atoms with Gasteiger partial charge in [-0.2, -0.15) is 0 Å². The molecule has 0 aliphatic heterocycles. The van der Waals surface area contributed by atoms with Crippen molar-refractivity contribution in [2.45, 2.75) is 31.2 Å². The minimum Gasteiger partial charge on any atom is -0.324 e. The minimum absolute atomic E-state index is 0.0719. The fourth-order valence-corrected chi connectivity index (χ4v) is 2.47. The van der Waals surface area contributed by atoms with Crippen LogP contribution in [-0.2, 0) is 10.0 Å². The maximum Gasteiger partial charge on any atom is 0.240 e. The van der Waals surface area contributed by atoms with Gasteiger partial charge in [0.25, 0.3) is 0 Å². The second-order valence-electron chi connectivity index (χ2n) is 3.60. The van der Waals surface area contributed by atoms with Crippen LogP contribution in [0.15, 0.2) is 29.2 Å². The van der Waals surface area contributed by atoms with E-state index in [0.717, 1.165) is 6.42 Å². The number of nitrogens with two attached hydrogens (primary N) is 1. The Balaban J connectivity index is 2.90. The largest absolute Gasteiger partial charge is 0.324 e. The van der Waals surface area contributed by atoms with E-state index in [1.165, 1.54) is 12.1 Å². The van der Waals surface area contributed by atoms with Crippen LogP contribution < -0.4 is 16.0 Å². The van der Waals surface area contributed by atoms with Crippen LogP contribution in [0.25, 0.3) is 0 Å². The van der Waals surface area contributed by atoms with Gasteiger partial charge in [0, 0.05) is 11.7 Å². The molecule has 1 aromatic rings. The number of rotatable bonds is 5. The van der Waals surface area contributed by atoms with Crippen LogP contribution in [0.2, 0.25) is 0 Å². The predicted octanol–water partition coefficient (Wildman–Crippen LogP) is 1.05. The van der Waals surface area contributed by atoms with Gasteiger partial charge in [-0.1, -0.05) is 6.92 Å². The maximum absolute atomic E-state index is 11.8. The molecule has 1 unspecified atom stereocenters. The molecule has 0 amide bonds. The lowest BCUT2D eigenvalue weighted by Gasteiger charge is -2.12. The maximum atomic E-state index is 11.8. The molecule has 5 nitrogen and oxygen atoms in total. The average molecular weight is 243 g/mol. The number of sulfonamides is 1. The topological polar surface area (TPSA) is 84.2 Å². The first-order valence-electron chi connectivity index (χ1n) is 5.08. The van der Waals surface area contributed by atoms with Gasteiger partial charge in [-0.05, 0) is 37.6 Å². The molecule has 6 heteroatoms. The second kappa shape index (κ2) is 5.29. The SMILES string of the molecule is CCC(C)NS(=O)(=O)c1ccc(NN)cc1. The summed E-state index contributed by atoms with van der Waals surface area (Å²) in [6.45, 7) is 3.75. The second-order valence-corrected chi connectivity index (χ2v) is 5.31. The van der Waals surface area contributed by atoms with Crippen molar-refractivity contribution in [1.82, 2.24) is 4.72 Å². The van der Waals surface area contributed by atoms with Crippen molar-refractivity contribution in [2.24, 2.45) is 5.84 Å². The normalized spacial score (nSPS) is 13.4. The molecule has 1 aromatic carbocycles. The molecule has 0 aliphatic carbocycles. The Hall–Kier alpha value is -1.11. The highest BCUT2D eigenvalue weighted by Gasteiger charge is 2.15. The Morgan fingerprint density at radius 1 is 1.31 bits per heavy atom. The number of hydrogen-bond donors (Lipinski definition) is 3. The first-order valence-corrected chi connectivity index (χ1v) is 6.57. The molecule has 1 rings (SSSR count). The molecular formula is C10H17N3O2S. The Kier molecular flexibility index (Phi) is 4.28. The number of benzene rings is 1. The Bertz CT molecular complexity index is 428. The summed E-state index contributed by atoms with van der Waals surface area (Å²) in [6, 6.07) is 6.19. The lowest BCUT2D eigenvalue weighted by Crippen LogP contribution is -2.31. The molecule has 4 N–H and O–H groups in total. The average Bonchev–Trinajstić information content (AvgIpc) is 2.28. The van der Waals surface area contributed by atoms with Crippen molar-refractivity contribution >= 4 is 15.7 Å². The Morgan fingerprint density at radius 2 is 1.88 bits per heavy atom. The summed E-state index contributed by atoms with van der Waals surface area (Å²) in [5.74, 6) is 5.20. The van der Waals surface area contributed by atoms with Crippen LogP contribution in [0.3, 0.4) is 0 Å². The molecule has 90 valence electrons. The zero-order chi connectivity index (χ0) is 12.2. The van der Waals surface area contributed by atoms with Crippen molar-refractivity contribution in [3.05, 3.63) is 24.3 Å². The molecule has 0 radical (unpaired) electrons. The molecule has 0 saturated carbocycles. The number of hydrogen-bond acceptors (Lipinski definition) is 4. The van der Waals surface area contributed by atoms with Crippen LogP contribution in [-0.4, -0.2) is 14.5 Å². The van der Waals surface area contributed by atoms with Crippen molar-refractivity contribution in [1.29, 1.82) is 0 Å². The third kappa shape index (κ3) is 3.19. The van der Waals surface area contributed by atoms with Gasteiger partial charge in [-0.15, -0.1) is 0 Å². The quantitative estimate of drug-likeness (QED) is 0.533. The minimum atomic E-state index is -3.42. The van der Waals surface area contributed by atoms with E-state index in [9.17, 15) is 8.42 Å². The van der Waals surface area contributed by atoms with Gasteiger partial charge < -0.3 is 5.43 Å². The fraction of sp³-hybridized carbons (Fsp3) is 0.400. The van der Waals surface area contributed by atoms with Crippen LogP contribution >= 0.6 is 0 Å². The zero-order valence-electron chi connectivity index (χ0n) is 9.40. The lowest BCUT2D eigenvalue weighted by molar-refractivity contribution is 0.556. The van der Waals surface area contributed by atoms with E-state index < -0.39 is 10.0 Å². The summed E-state index contributed by atoms with van der Waals surface area (Å²) < 4.78 is 26.3. The number of hydrazine groups is 1. The van der Waals surface area contributed by atoms with Gasteiger partial charge in [-0.25, -0.2) is 13.1 Å². The summed E-state index contributed by atoms with van der Waals surface area (Å²) in [7, 11) is -3.42. The molecule has 0 spiro atoms. The standard InChI is InChI=1S/C10H17N3O2S/c1-3-8(2)13-16(14,15)10-6-4-9(12-11)5-7-10/h4-8,12-13H,3,11H2,1-2H3. The summed E-state index contributed by atoms with van der Waals surface area (Å²) >= 11 is 0. The molecule has 0 fully saturated rings.